The molecule has 0 N–H and O–H groups in total. The molecule has 0 aromatic rings. The van der Waals surface area contributed by atoms with Gasteiger partial charge in [-0.05, 0) is 0 Å². The monoisotopic (exact) mass is 302 g/mol. The average molecular weight is 302 g/mol. The zero-order valence-electron chi connectivity index (χ0n) is 4.99. The summed E-state index contributed by atoms with van der Waals surface area (Å²) >= 11 is 0. The van der Waals surface area contributed by atoms with Gasteiger partial charge >= 0.3 is 21.1 Å². The first kappa shape index (κ1) is 44.9. The van der Waals surface area contributed by atoms with Crippen LogP contribution < -0.4 is 0 Å². The molecule has 5 heteroatoms. The van der Waals surface area contributed by atoms with Crippen molar-refractivity contribution < 1.29 is 26.2 Å². The van der Waals surface area contributed by atoms with E-state index in [9.17, 15) is 0 Å². The second kappa shape index (κ2) is 28.6. The van der Waals surface area contributed by atoms with Crippen LogP contribution in [-0.2, 0) is 21.1 Å². The molecule has 0 atom stereocenters. The van der Waals surface area contributed by atoms with E-state index in [1.54, 1.807) is 0 Å². The first-order valence-electron chi connectivity index (χ1n) is 0.548. The van der Waals surface area contributed by atoms with Crippen molar-refractivity contribution in [2.75, 3.05) is 0 Å². The fourth-order valence-corrected chi connectivity index (χ4v) is 0. The summed E-state index contributed by atoms with van der Waals surface area (Å²) in [5.74, 6) is 0. The van der Waals surface area contributed by atoms with Gasteiger partial charge in [-0.3, -0.25) is 0 Å². The third-order valence-electron chi connectivity index (χ3n) is 0. The molecule has 8 heavy (non-hydrogen) atoms. The smallest absolute Gasteiger partial charge is 0.358 e. The van der Waals surface area contributed by atoms with Gasteiger partial charge in [0.25, 0.3) is 0 Å². The summed E-state index contributed by atoms with van der Waals surface area (Å²) in [5, 5.41) is 14.8. The first-order chi connectivity index (χ1) is 1.73. The summed E-state index contributed by atoms with van der Waals surface area (Å²) in [6.45, 7) is 0. The molecule has 0 amide bonds. The second-order valence-corrected chi connectivity index (χ2v) is 0.224. The van der Waals surface area contributed by atoms with Crippen LogP contribution in [0.3, 0.4) is 0 Å². The number of hydrogen-bond donors (Lipinski definition) is 0. The minimum atomic E-state index is -1.75. The molecule has 0 saturated carbocycles. The molecule has 0 aliphatic carbocycles. The minimum Gasteiger partial charge on any atom is -0.358 e. The van der Waals surface area contributed by atoms with E-state index in [1.807, 2.05) is 0 Å². The molecule has 4 nitrogen and oxygen atoms in total. The van der Waals surface area contributed by atoms with E-state index < -0.39 is 5.09 Å². The Bertz CT molecular complexity index is 37.5. The summed E-state index contributed by atoms with van der Waals surface area (Å²) in [6.07, 6.45) is 0. The SMILES string of the molecule is O=[N+]([O-])[O-].[CH3-].[CH3-].[CH3-].[Pt+4]. The van der Waals surface area contributed by atoms with Crippen LogP contribution in [0.25, 0.3) is 0 Å². The quantitative estimate of drug-likeness (QED) is 0.382. The largest absolute Gasteiger partial charge is 4.00 e. The third kappa shape index (κ3) is 11300. The Hall–Kier alpha value is -0.112. The molecule has 54 valence electrons. The fraction of sp³-hybridized carbons (Fsp3) is 0. The minimum absolute atomic E-state index is 0. The molecule has 0 fully saturated rings. The zero-order chi connectivity index (χ0) is 3.58. The molecule has 0 aromatic carbocycles. The van der Waals surface area contributed by atoms with Crippen LogP contribution in [0, 0.1) is 37.6 Å². The molecule has 0 aliphatic heterocycles. The van der Waals surface area contributed by atoms with Gasteiger partial charge in [0.15, 0.2) is 0 Å². The predicted molar refractivity (Wildman–Crippen MR) is 29.6 cm³/mol. The first-order valence-corrected chi connectivity index (χ1v) is 0.548. The van der Waals surface area contributed by atoms with Crippen LogP contribution in [0.15, 0.2) is 0 Å². The van der Waals surface area contributed by atoms with Crippen LogP contribution in [0.4, 0.5) is 0 Å². The molecule has 0 radical (unpaired) electrons. The van der Waals surface area contributed by atoms with E-state index >= 15 is 0 Å². The summed E-state index contributed by atoms with van der Waals surface area (Å²) < 4.78 is 0. The van der Waals surface area contributed by atoms with Gasteiger partial charge < -0.3 is 37.6 Å². The topological polar surface area (TPSA) is 66.2 Å². The Morgan fingerprint density at radius 3 is 1.00 bits per heavy atom. The van der Waals surface area contributed by atoms with E-state index in [-0.39, 0.29) is 43.3 Å². The van der Waals surface area contributed by atoms with E-state index in [4.69, 9.17) is 15.3 Å². The summed E-state index contributed by atoms with van der Waals surface area (Å²) in [5.41, 5.74) is 0. The maximum atomic E-state index is 8.25. The average Bonchev–Trinajstić information content (AvgIpc) is 0.811. The van der Waals surface area contributed by atoms with Gasteiger partial charge in [0, 0.05) is 0 Å². The van der Waals surface area contributed by atoms with Gasteiger partial charge in [-0.15, -0.1) is 0 Å². The Balaban J connectivity index is -0.00000000750. The number of nitrogens with zero attached hydrogens (tertiary/aromatic N) is 1. The van der Waals surface area contributed by atoms with E-state index in [0.29, 0.717) is 0 Å². The third-order valence-corrected chi connectivity index (χ3v) is 0. The van der Waals surface area contributed by atoms with Crippen molar-refractivity contribution in [2.45, 2.75) is 0 Å². The summed E-state index contributed by atoms with van der Waals surface area (Å²) in [7, 11) is 0. The predicted octanol–water partition coefficient (Wildman–Crippen LogP) is 1.11. The Morgan fingerprint density at radius 1 is 1.00 bits per heavy atom. The van der Waals surface area contributed by atoms with Crippen LogP contribution in [0.1, 0.15) is 0 Å². The van der Waals surface area contributed by atoms with Crippen molar-refractivity contribution in [3.63, 3.8) is 0 Å². The maximum Gasteiger partial charge on any atom is 4.00 e. The number of rotatable bonds is 0. The van der Waals surface area contributed by atoms with Crippen molar-refractivity contribution in [1.82, 2.24) is 0 Å². The normalized spacial score (nSPS) is 3.00. The molecule has 0 spiro atoms. The van der Waals surface area contributed by atoms with Crippen LogP contribution in [-0.4, -0.2) is 5.09 Å². The van der Waals surface area contributed by atoms with Gasteiger partial charge in [0.05, 0.1) is 5.09 Å². The molecule has 0 unspecified atom stereocenters. The van der Waals surface area contributed by atoms with Crippen molar-refractivity contribution >= 4 is 0 Å². The summed E-state index contributed by atoms with van der Waals surface area (Å²) in [4.78, 5) is 8.25. The van der Waals surface area contributed by atoms with E-state index in [1.165, 1.54) is 0 Å². The van der Waals surface area contributed by atoms with Crippen molar-refractivity contribution in [3.8, 4) is 0 Å². The Labute approximate surface area is 64.3 Å². The molecular formula is C3H9NO3Pt. The molecule has 0 aromatic heterocycles. The molecular weight excluding hydrogens is 293 g/mol. The molecule has 0 bridgehead atoms. The molecule has 0 heterocycles. The number of hydrogen-bond acceptors (Lipinski definition) is 3. The Morgan fingerprint density at radius 2 is 1.00 bits per heavy atom. The van der Waals surface area contributed by atoms with Crippen LogP contribution >= 0.6 is 0 Å². The van der Waals surface area contributed by atoms with E-state index in [0.717, 1.165) is 0 Å². The van der Waals surface area contributed by atoms with Crippen LogP contribution in [0.2, 0.25) is 0 Å². The maximum absolute atomic E-state index is 8.25. The molecule has 0 saturated heterocycles. The van der Waals surface area contributed by atoms with Gasteiger partial charge in [-0.1, -0.05) is 0 Å². The van der Waals surface area contributed by atoms with Crippen molar-refractivity contribution in [2.24, 2.45) is 0 Å². The standard InChI is InChI=1S/3CH3.NO3.Pt/c;;;2-1(3)4;/h3*1H3;;/q4*-1;+4. The van der Waals surface area contributed by atoms with Crippen molar-refractivity contribution in [1.29, 1.82) is 0 Å². The van der Waals surface area contributed by atoms with Crippen LogP contribution in [0.5, 0.6) is 0 Å². The van der Waals surface area contributed by atoms with Gasteiger partial charge in [0.1, 0.15) is 0 Å². The van der Waals surface area contributed by atoms with E-state index in [2.05, 4.69) is 0 Å². The second-order valence-electron chi connectivity index (χ2n) is 0.224. The molecule has 0 rings (SSSR count). The molecule has 0 aliphatic rings. The zero-order valence-corrected chi connectivity index (χ0v) is 7.26. The Kier molecular flexibility index (Phi) is 161. The van der Waals surface area contributed by atoms with Gasteiger partial charge in [-0.25, -0.2) is 0 Å². The fourth-order valence-electron chi connectivity index (χ4n) is 0. The summed E-state index contributed by atoms with van der Waals surface area (Å²) in [6, 6.07) is 0. The van der Waals surface area contributed by atoms with Gasteiger partial charge in [-0.2, -0.15) is 0 Å². The van der Waals surface area contributed by atoms with Crippen molar-refractivity contribution in [3.05, 3.63) is 37.6 Å². The van der Waals surface area contributed by atoms with Gasteiger partial charge in [0.2, 0.25) is 0 Å².